The number of likely N-dealkylation sites (N-methyl/N-ethyl adjacent to an activating group) is 1. The van der Waals surface area contributed by atoms with Gasteiger partial charge in [-0.1, -0.05) is 0 Å². The van der Waals surface area contributed by atoms with Crippen LogP contribution in [0.3, 0.4) is 0 Å². The first-order valence-electron chi connectivity index (χ1n) is 12.0. The summed E-state index contributed by atoms with van der Waals surface area (Å²) in [6.07, 6.45) is 1.55. The van der Waals surface area contributed by atoms with Gasteiger partial charge in [0.15, 0.2) is 5.69 Å². The summed E-state index contributed by atoms with van der Waals surface area (Å²) in [5.74, 6) is -0.844. The molecule has 1 aromatic carbocycles. The Morgan fingerprint density at radius 1 is 1.13 bits per heavy atom. The Balaban J connectivity index is 1.55. The Morgan fingerprint density at radius 2 is 1.95 bits per heavy atom. The fourth-order valence-corrected chi connectivity index (χ4v) is 3.75. The summed E-state index contributed by atoms with van der Waals surface area (Å²) >= 11 is 0. The van der Waals surface area contributed by atoms with Crippen LogP contribution >= 0.6 is 0 Å². The Labute approximate surface area is 220 Å². The summed E-state index contributed by atoms with van der Waals surface area (Å²) in [6.45, 7) is 0.774. The number of benzene rings is 1. The van der Waals surface area contributed by atoms with Crippen LogP contribution in [0.2, 0.25) is 0 Å². The van der Waals surface area contributed by atoms with Crippen LogP contribution in [0.5, 0.6) is 11.6 Å². The first-order chi connectivity index (χ1) is 18.8. The number of nitrogens with one attached hydrogen (secondary N) is 2. The van der Waals surface area contributed by atoms with Gasteiger partial charge in [-0.15, -0.1) is 0 Å². The molecule has 0 bridgehead atoms. The SMILES string of the molecule is CNCCOc1cc(-c2c(NC(=O)c3coc(-c4ccnnc4)n3)ccc(OC3CC3)c2C(F)(F)F)ccn1. The van der Waals surface area contributed by atoms with Crippen molar-refractivity contribution in [1.29, 1.82) is 0 Å². The predicted octanol–water partition coefficient (Wildman–Crippen LogP) is 4.60. The molecule has 1 saturated carbocycles. The minimum atomic E-state index is -4.80. The normalized spacial score (nSPS) is 13.2. The Morgan fingerprint density at radius 3 is 2.67 bits per heavy atom. The Hall–Kier alpha value is -4.52. The van der Waals surface area contributed by atoms with Gasteiger partial charge < -0.3 is 24.5 Å². The quantitative estimate of drug-likeness (QED) is 0.278. The molecule has 0 spiro atoms. The van der Waals surface area contributed by atoms with Crippen molar-refractivity contribution in [1.82, 2.24) is 25.5 Å². The van der Waals surface area contributed by atoms with Crippen molar-refractivity contribution in [3.8, 4) is 34.2 Å². The number of ether oxygens (including phenoxy) is 2. The molecule has 0 radical (unpaired) electrons. The molecular weight excluding hydrogens is 517 g/mol. The zero-order chi connectivity index (χ0) is 27.4. The molecule has 39 heavy (non-hydrogen) atoms. The monoisotopic (exact) mass is 540 g/mol. The van der Waals surface area contributed by atoms with Gasteiger partial charge in [-0.2, -0.15) is 23.4 Å². The molecular formula is C26H23F3N6O4. The molecule has 10 nitrogen and oxygen atoms in total. The average Bonchev–Trinajstić information content (AvgIpc) is 3.60. The number of halogens is 3. The van der Waals surface area contributed by atoms with Gasteiger partial charge in [-0.3, -0.25) is 4.79 Å². The van der Waals surface area contributed by atoms with E-state index in [1.807, 2.05) is 0 Å². The molecule has 202 valence electrons. The van der Waals surface area contributed by atoms with E-state index >= 15 is 0 Å². The van der Waals surface area contributed by atoms with E-state index in [0.29, 0.717) is 24.9 Å². The number of anilines is 1. The summed E-state index contributed by atoms with van der Waals surface area (Å²) in [5.41, 5.74) is -0.908. The second kappa shape index (κ2) is 11.1. The van der Waals surface area contributed by atoms with Crippen molar-refractivity contribution in [2.24, 2.45) is 0 Å². The van der Waals surface area contributed by atoms with Crippen LogP contribution in [0.25, 0.3) is 22.6 Å². The number of amides is 1. The van der Waals surface area contributed by atoms with Crippen molar-refractivity contribution in [3.05, 3.63) is 66.4 Å². The first kappa shape index (κ1) is 26.1. The van der Waals surface area contributed by atoms with Crippen molar-refractivity contribution in [2.75, 3.05) is 25.5 Å². The maximum absolute atomic E-state index is 14.6. The van der Waals surface area contributed by atoms with E-state index in [4.69, 9.17) is 13.9 Å². The van der Waals surface area contributed by atoms with E-state index in [9.17, 15) is 18.0 Å². The number of hydrogen-bond acceptors (Lipinski definition) is 9. The number of rotatable bonds is 10. The molecule has 1 amide bonds. The molecule has 0 unspecified atom stereocenters. The number of hydrogen-bond donors (Lipinski definition) is 2. The van der Waals surface area contributed by atoms with Crippen LogP contribution in [-0.2, 0) is 6.18 Å². The molecule has 3 heterocycles. The number of pyridine rings is 1. The van der Waals surface area contributed by atoms with Gasteiger partial charge in [-0.25, -0.2) is 9.97 Å². The summed E-state index contributed by atoms with van der Waals surface area (Å²) in [7, 11) is 1.74. The van der Waals surface area contributed by atoms with E-state index in [1.165, 1.54) is 42.9 Å². The van der Waals surface area contributed by atoms with E-state index in [-0.39, 0.29) is 52.7 Å². The summed E-state index contributed by atoms with van der Waals surface area (Å²) in [5, 5.41) is 12.9. The molecule has 4 aromatic rings. The summed E-state index contributed by atoms with van der Waals surface area (Å²) in [6, 6.07) is 6.98. The smallest absolute Gasteiger partial charge is 0.420 e. The first-order valence-corrected chi connectivity index (χ1v) is 12.0. The molecule has 1 aliphatic carbocycles. The standard InChI is InChI=1S/C26H23F3N6O4/c1-30-10-11-37-21-12-15(6-8-31-21)22-18(4-5-20(39-17-2-3-17)23(22)26(27,28)29)34-24(36)19-14-38-25(35-19)16-7-9-32-33-13-16/h4-9,12-14,17,30H,2-3,10-11H2,1H3,(H,34,36). The average molecular weight is 541 g/mol. The minimum Gasteiger partial charge on any atom is -0.490 e. The Bertz CT molecular complexity index is 1460. The fraction of sp³-hybridized carbons (Fsp3) is 0.269. The predicted molar refractivity (Wildman–Crippen MR) is 133 cm³/mol. The highest BCUT2D eigenvalue weighted by atomic mass is 19.4. The molecule has 3 aromatic heterocycles. The number of carbonyl (C=O) groups is 1. The maximum atomic E-state index is 14.6. The zero-order valence-electron chi connectivity index (χ0n) is 20.7. The number of oxazole rings is 1. The van der Waals surface area contributed by atoms with Gasteiger partial charge in [0, 0.05) is 30.1 Å². The van der Waals surface area contributed by atoms with Crippen LogP contribution in [0.1, 0.15) is 28.9 Å². The van der Waals surface area contributed by atoms with Crippen LogP contribution in [0, 0.1) is 0 Å². The second-order valence-electron chi connectivity index (χ2n) is 8.63. The maximum Gasteiger partial charge on any atom is 0.420 e. The van der Waals surface area contributed by atoms with Gasteiger partial charge >= 0.3 is 6.18 Å². The number of alkyl halides is 3. The Kier molecular flexibility index (Phi) is 7.41. The van der Waals surface area contributed by atoms with Gasteiger partial charge in [0.2, 0.25) is 11.8 Å². The lowest BCUT2D eigenvalue weighted by Gasteiger charge is -2.21. The molecule has 0 saturated heterocycles. The summed E-state index contributed by atoms with van der Waals surface area (Å²) < 4.78 is 60.2. The number of nitrogens with zero attached hydrogens (tertiary/aromatic N) is 4. The third-order valence-electron chi connectivity index (χ3n) is 5.71. The van der Waals surface area contributed by atoms with Crippen LogP contribution < -0.4 is 20.1 Å². The van der Waals surface area contributed by atoms with Crippen LogP contribution in [0.4, 0.5) is 18.9 Å². The molecule has 2 N–H and O–H groups in total. The van der Waals surface area contributed by atoms with E-state index in [1.54, 1.807) is 13.1 Å². The lowest BCUT2D eigenvalue weighted by molar-refractivity contribution is -0.138. The second-order valence-corrected chi connectivity index (χ2v) is 8.63. The fourth-order valence-electron chi connectivity index (χ4n) is 3.75. The topological polar surface area (TPSA) is 124 Å². The lowest BCUT2D eigenvalue weighted by Crippen LogP contribution is -2.17. The highest BCUT2D eigenvalue weighted by Crippen LogP contribution is 2.48. The molecule has 1 fully saturated rings. The molecule has 5 rings (SSSR count). The number of aromatic nitrogens is 4. The number of carbonyl (C=O) groups excluding carboxylic acids is 1. The minimum absolute atomic E-state index is 0.0991. The van der Waals surface area contributed by atoms with Crippen molar-refractivity contribution < 1.29 is 31.9 Å². The van der Waals surface area contributed by atoms with Crippen LogP contribution in [-0.4, -0.2) is 52.4 Å². The highest BCUT2D eigenvalue weighted by Gasteiger charge is 2.40. The lowest BCUT2D eigenvalue weighted by atomic mass is 9.96. The van der Waals surface area contributed by atoms with E-state index < -0.39 is 17.6 Å². The van der Waals surface area contributed by atoms with Gasteiger partial charge in [0.05, 0.1) is 24.1 Å². The molecule has 13 heteroatoms. The van der Waals surface area contributed by atoms with Gasteiger partial charge in [0.1, 0.15) is 24.2 Å². The van der Waals surface area contributed by atoms with Gasteiger partial charge in [0.25, 0.3) is 5.91 Å². The van der Waals surface area contributed by atoms with Gasteiger partial charge in [-0.05, 0) is 49.7 Å². The van der Waals surface area contributed by atoms with Crippen molar-refractivity contribution in [2.45, 2.75) is 25.1 Å². The van der Waals surface area contributed by atoms with Crippen molar-refractivity contribution in [3.63, 3.8) is 0 Å². The highest BCUT2D eigenvalue weighted by molar-refractivity contribution is 6.05. The molecule has 0 atom stereocenters. The van der Waals surface area contributed by atoms with Crippen LogP contribution in [0.15, 0.2) is 59.6 Å². The molecule has 0 aliphatic heterocycles. The third-order valence-corrected chi connectivity index (χ3v) is 5.71. The third kappa shape index (κ3) is 6.14. The largest absolute Gasteiger partial charge is 0.490 e. The zero-order valence-corrected chi connectivity index (χ0v) is 20.7. The molecule has 1 aliphatic rings. The van der Waals surface area contributed by atoms with E-state index in [0.717, 1.165) is 6.26 Å². The summed E-state index contributed by atoms with van der Waals surface area (Å²) in [4.78, 5) is 21.3. The van der Waals surface area contributed by atoms with Crippen molar-refractivity contribution >= 4 is 11.6 Å². The van der Waals surface area contributed by atoms with E-state index in [2.05, 4.69) is 30.8 Å².